The Kier molecular flexibility index (Phi) is 16.9. The van der Waals surface area contributed by atoms with E-state index in [1.807, 2.05) is 6.08 Å². The summed E-state index contributed by atoms with van der Waals surface area (Å²) in [6.45, 7) is 11.8. The third kappa shape index (κ3) is 16.0. The van der Waals surface area contributed by atoms with Crippen LogP contribution in [0.15, 0.2) is 11.6 Å². The minimum atomic E-state index is 0. The molecule has 0 spiro atoms. The summed E-state index contributed by atoms with van der Waals surface area (Å²) in [5.74, 6) is 2.63. The molecule has 22 heavy (non-hydrogen) atoms. The zero-order chi connectivity index (χ0) is 16.1. The first kappa shape index (κ1) is 23.9. The molecule has 0 heterocycles. The van der Waals surface area contributed by atoms with Gasteiger partial charge in [0.15, 0.2) is 0 Å². The average Bonchev–Trinajstić information content (AvgIpc) is 2.38. The van der Waals surface area contributed by atoms with Gasteiger partial charge in [-0.1, -0.05) is 84.3 Å². The first-order valence-corrected chi connectivity index (χ1v) is 9.22. The van der Waals surface area contributed by atoms with E-state index in [0.717, 1.165) is 24.2 Å². The molecule has 2 heteroatoms. The summed E-state index contributed by atoms with van der Waals surface area (Å²) < 4.78 is 0. The summed E-state index contributed by atoms with van der Waals surface area (Å²) in [7, 11) is 0. The second kappa shape index (κ2) is 15.6. The summed E-state index contributed by atoms with van der Waals surface area (Å²) in [5, 5.41) is 8.83. The molecule has 134 valence electrons. The molecule has 0 aromatic carbocycles. The van der Waals surface area contributed by atoms with Crippen LogP contribution in [0.3, 0.4) is 0 Å². The third-order valence-electron chi connectivity index (χ3n) is 4.58. The van der Waals surface area contributed by atoms with E-state index in [4.69, 9.17) is 5.11 Å². The molecule has 0 saturated heterocycles. The molecule has 0 amide bonds. The highest BCUT2D eigenvalue weighted by molar-refractivity contribution is 4.97. The Balaban J connectivity index is 0. The molecule has 0 rings (SSSR count). The van der Waals surface area contributed by atoms with Crippen molar-refractivity contribution >= 4 is 0 Å². The first-order chi connectivity index (χ1) is 9.95. The molecular formula is C20H43NO. The van der Waals surface area contributed by atoms with Crippen molar-refractivity contribution in [3.05, 3.63) is 11.6 Å². The van der Waals surface area contributed by atoms with Gasteiger partial charge in [0, 0.05) is 0 Å². The predicted octanol–water partition coefficient (Wildman–Crippen LogP) is 6.53. The Morgan fingerprint density at radius 3 is 1.73 bits per heavy atom. The van der Waals surface area contributed by atoms with Crippen LogP contribution in [0, 0.1) is 17.8 Å². The van der Waals surface area contributed by atoms with E-state index in [1.165, 1.54) is 56.9 Å². The Morgan fingerprint density at radius 1 is 0.818 bits per heavy atom. The highest BCUT2D eigenvalue weighted by atomic mass is 16.2. The van der Waals surface area contributed by atoms with E-state index in [-0.39, 0.29) is 12.8 Å². The van der Waals surface area contributed by atoms with Crippen LogP contribution >= 0.6 is 0 Å². The number of hydrogen-bond donors (Lipinski definition) is 2. The maximum Gasteiger partial charge on any atom is 0.0614 e. The van der Waals surface area contributed by atoms with E-state index >= 15 is 0 Å². The molecule has 0 aromatic rings. The maximum absolute atomic E-state index is 8.83. The normalized spacial score (nSPS) is 14.8. The maximum atomic E-state index is 8.83. The van der Waals surface area contributed by atoms with E-state index < -0.39 is 0 Å². The number of aliphatic hydroxyl groups is 1. The minimum absolute atomic E-state index is 0. The molecular weight excluding hydrogens is 270 g/mol. The smallest absolute Gasteiger partial charge is 0.0614 e. The third-order valence-corrected chi connectivity index (χ3v) is 4.58. The van der Waals surface area contributed by atoms with Crippen LogP contribution in [0.4, 0.5) is 0 Å². The predicted molar refractivity (Wildman–Crippen MR) is 101 cm³/mol. The molecule has 0 unspecified atom stereocenters. The van der Waals surface area contributed by atoms with Crippen LogP contribution in [0.25, 0.3) is 0 Å². The number of hydrogen-bond acceptors (Lipinski definition) is 2. The average molecular weight is 314 g/mol. The van der Waals surface area contributed by atoms with Crippen molar-refractivity contribution in [2.75, 3.05) is 6.61 Å². The molecule has 2 nitrogen and oxygen atoms in total. The van der Waals surface area contributed by atoms with Crippen molar-refractivity contribution in [2.45, 2.75) is 92.4 Å². The van der Waals surface area contributed by atoms with Gasteiger partial charge in [-0.25, -0.2) is 0 Å². The van der Waals surface area contributed by atoms with Gasteiger partial charge in [-0.2, -0.15) is 0 Å². The summed E-state index contributed by atoms with van der Waals surface area (Å²) in [4.78, 5) is 0. The SMILES string of the molecule is C/C(=C\CO)CCC[C@H](C)CCC[C@H](C)CCCC(C)C.N. The van der Waals surface area contributed by atoms with Crippen molar-refractivity contribution in [3.8, 4) is 0 Å². The summed E-state index contributed by atoms with van der Waals surface area (Å²) in [5.41, 5.74) is 1.34. The van der Waals surface area contributed by atoms with Crippen molar-refractivity contribution < 1.29 is 5.11 Å². The highest BCUT2D eigenvalue weighted by Gasteiger charge is 2.06. The second-order valence-corrected chi connectivity index (χ2v) is 7.59. The fraction of sp³-hybridized carbons (Fsp3) is 0.900. The lowest BCUT2D eigenvalue weighted by Gasteiger charge is -2.15. The summed E-state index contributed by atoms with van der Waals surface area (Å²) >= 11 is 0. The lowest BCUT2D eigenvalue weighted by Crippen LogP contribution is -2.00. The van der Waals surface area contributed by atoms with Gasteiger partial charge in [-0.3, -0.25) is 0 Å². The van der Waals surface area contributed by atoms with Crippen LogP contribution in [0.1, 0.15) is 92.4 Å². The topological polar surface area (TPSA) is 55.2 Å². The van der Waals surface area contributed by atoms with Crippen LogP contribution < -0.4 is 6.15 Å². The number of aliphatic hydroxyl groups excluding tert-OH is 1. The zero-order valence-electron chi connectivity index (χ0n) is 16.0. The molecule has 0 aliphatic carbocycles. The van der Waals surface area contributed by atoms with Crippen molar-refractivity contribution in [3.63, 3.8) is 0 Å². The first-order valence-electron chi connectivity index (χ1n) is 9.22. The van der Waals surface area contributed by atoms with E-state index in [2.05, 4.69) is 34.6 Å². The van der Waals surface area contributed by atoms with Crippen LogP contribution in [-0.2, 0) is 0 Å². The van der Waals surface area contributed by atoms with Crippen molar-refractivity contribution in [1.29, 1.82) is 0 Å². The molecule has 0 aliphatic rings. The Morgan fingerprint density at radius 2 is 1.27 bits per heavy atom. The van der Waals surface area contributed by atoms with Gasteiger partial charge in [0.25, 0.3) is 0 Å². The monoisotopic (exact) mass is 313 g/mol. The molecule has 0 radical (unpaired) electrons. The molecule has 4 N–H and O–H groups in total. The standard InChI is InChI=1S/C20H40O.H3N/c1-17(2)9-6-10-18(3)11-7-12-19(4)13-8-14-20(5)15-16-21;/h15,17-19,21H,6-14,16H2,1-5H3;1H3/b20-15+;/t18-,19-;/m1./s1. The van der Waals surface area contributed by atoms with E-state index in [0.29, 0.717) is 0 Å². The minimum Gasteiger partial charge on any atom is -0.392 e. The fourth-order valence-electron chi connectivity index (χ4n) is 2.97. The molecule has 2 atom stereocenters. The van der Waals surface area contributed by atoms with Gasteiger partial charge < -0.3 is 11.3 Å². The Hall–Kier alpha value is -0.340. The van der Waals surface area contributed by atoms with Crippen LogP contribution in [-0.4, -0.2) is 11.7 Å². The zero-order valence-corrected chi connectivity index (χ0v) is 16.0. The van der Waals surface area contributed by atoms with Crippen molar-refractivity contribution in [1.82, 2.24) is 6.15 Å². The molecule has 0 aromatic heterocycles. The van der Waals surface area contributed by atoms with Gasteiger partial charge in [0.05, 0.1) is 6.61 Å². The number of rotatable bonds is 13. The van der Waals surface area contributed by atoms with Crippen molar-refractivity contribution in [2.24, 2.45) is 17.8 Å². The Bertz CT molecular complexity index is 260. The number of allylic oxidation sites excluding steroid dienone is 1. The lowest BCUT2D eigenvalue weighted by molar-refractivity contribution is 0.341. The van der Waals surface area contributed by atoms with Crippen LogP contribution in [0.2, 0.25) is 0 Å². The molecule has 0 bridgehead atoms. The van der Waals surface area contributed by atoms with Crippen LogP contribution in [0.5, 0.6) is 0 Å². The van der Waals surface area contributed by atoms with E-state index in [9.17, 15) is 0 Å². The van der Waals surface area contributed by atoms with Gasteiger partial charge in [-0.05, 0) is 37.5 Å². The lowest BCUT2D eigenvalue weighted by atomic mass is 9.91. The van der Waals surface area contributed by atoms with Gasteiger partial charge in [0.1, 0.15) is 0 Å². The summed E-state index contributed by atoms with van der Waals surface area (Å²) in [6, 6.07) is 0. The highest BCUT2D eigenvalue weighted by Crippen LogP contribution is 2.21. The largest absolute Gasteiger partial charge is 0.392 e. The molecule has 0 saturated carbocycles. The summed E-state index contributed by atoms with van der Waals surface area (Å²) in [6.07, 6.45) is 14.1. The quantitative estimate of drug-likeness (QED) is 0.380. The second-order valence-electron chi connectivity index (χ2n) is 7.59. The van der Waals surface area contributed by atoms with E-state index in [1.54, 1.807) is 0 Å². The van der Waals surface area contributed by atoms with Gasteiger partial charge >= 0.3 is 0 Å². The Labute approximate surface area is 140 Å². The molecule has 0 fully saturated rings. The fourth-order valence-corrected chi connectivity index (χ4v) is 2.97. The van der Waals surface area contributed by atoms with Gasteiger partial charge in [-0.15, -0.1) is 0 Å². The van der Waals surface area contributed by atoms with Gasteiger partial charge in [0.2, 0.25) is 0 Å². The molecule has 0 aliphatic heterocycles.